The minimum atomic E-state index is 0.0698. The van der Waals surface area contributed by atoms with E-state index in [1.165, 1.54) is 24.0 Å². The van der Waals surface area contributed by atoms with Crippen LogP contribution in [0.1, 0.15) is 42.9 Å². The predicted octanol–water partition coefficient (Wildman–Crippen LogP) is 4.03. The summed E-state index contributed by atoms with van der Waals surface area (Å²) in [7, 11) is 0. The van der Waals surface area contributed by atoms with Crippen molar-refractivity contribution in [3.05, 3.63) is 59.2 Å². The molecule has 1 fully saturated rings. The topological polar surface area (TPSA) is 42.0 Å². The monoisotopic (exact) mass is 420 g/mol. The highest BCUT2D eigenvalue weighted by atomic mass is 16.7. The Hall–Kier alpha value is -2.53. The molecule has 5 heteroatoms. The Labute approximate surface area is 184 Å². The van der Waals surface area contributed by atoms with Crippen LogP contribution in [0.25, 0.3) is 0 Å². The lowest BCUT2D eigenvalue weighted by molar-refractivity contribution is -0.137. The molecule has 0 bridgehead atoms. The average molecular weight is 421 g/mol. The van der Waals surface area contributed by atoms with Crippen LogP contribution in [0.3, 0.4) is 0 Å². The molecule has 0 unspecified atom stereocenters. The average Bonchev–Trinajstić information content (AvgIpc) is 3.46. The summed E-state index contributed by atoms with van der Waals surface area (Å²) in [5.41, 5.74) is 3.85. The van der Waals surface area contributed by atoms with Crippen LogP contribution in [0, 0.1) is 5.92 Å². The molecule has 0 N–H and O–H groups in total. The van der Waals surface area contributed by atoms with Crippen LogP contribution in [-0.4, -0.2) is 48.2 Å². The summed E-state index contributed by atoms with van der Waals surface area (Å²) < 4.78 is 11.0. The van der Waals surface area contributed by atoms with Gasteiger partial charge in [-0.15, -0.1) is 0 Å². The van der Waals surface area contributed by atoms with E-state index in [9.17, 15) is 4.79 Å². The van der Waals surface area contributed by atoms with E-state index >= 15 is 0 Å². The van der Waals surface area contributed by atoms with Crippen molar-refractivity contribution in [3.8, 4) is 11.5 Å². The van der Waals surface area contributed by atoms with Gasteiger partial charge in [0.05, 0.1) is 0 Å². The second-order valence-electron chi connectivity index (χ2n) is 9.04. The molecule has 5 rings (SSSR count). The van der Waals surface area contributed by atoms with Crippen molar-refractivity contribution >= 4 is 5.91 Å². The first-order valence-corrected chi connectivity index (χ1v) is 11.7. The third kappa shape index (κ3) is 4.29. The summed E-state index contributed by atoms with van der Waals surface area (Å²) in [5.74, 6) is 1.95. The number of amides is 1. The van der Waals surface area contributed by atoms with Crippen molar-refractivity contribution in [3.63, 3.8) is 0 Å². The Kier molecular flexibility index (Phi) is 5.86. The number of nitrogens with zero attached hydrogens (tertiary/aromatic N) is 2. The van der Waals surface area contributed by atoms with Gasteiger partial charge in [0.2, 0.25) is 12.7 Å². The summed E-state index contributed by atoms with van der Waals surface area (Å²) in [6.07, 6.45) is 5.19. The zero-order valence-electron chi connectivity index (χ0n) is 18.4. The zero-order valence-corrected chi connectivity index (χ0v) is 18.4. The molecule has 0 saturated carbocycles. The quantitative estimate of drug-likeness (QED) is 0.708. The van der Waals surface area contributed by atoms with Crippen molar-refractivity contribution in [2.24, 2.45) is 5.92 Å². The molecule has 2 aromatic carbocycles. The lowest BCUT2D eigenvalue weighted by Crippen LogP contribution is -2.45. The number of likely N-dealkylation sites (tertiary alicyclic amines) is 1. The highest BCUT2D eigenvalue weighted by Gasteiger charge is 2.32. The molecule has 2 aromatic rings. The SMILES string of the molecule is CCN1CCC[C@@H]1CN(Cc1ccc2c(c1)OCO2)C(=O)[C@@H]1CCc2ccccc2C1. The molecule has 0 radical (unpaired) electrons. The van der Waals surface area contributed by atoms with E-state index in [2.05, 4.69) is 47.1 Å². The highest BCUT2D eigenvalue weighted by Crippen LogP contribution is 2.34. The summed E-state index contributed by atoms with van der Waals surface area (Å²) in [5, 5.41) is 0. The molecule has 164 valence electrons. The maximum absolute atomic E-state index is 13.8. The Morgan fingerprint density at radius 3 is 2.81 bits per heavy atom. The first kappa shape index (κ1) is 20.4. The number of benzene rings is 2. The van der Waals surface area contributed by atoms with Gasteiger partial charge in [-0.05, 0) is 74.0 Å². The fraction of sp³-hybridized carbons (Fsp3) is 0.500. The molecule has 1 aliphatic carbocycles. The molecule has 0 spiro atoms. The van der Waals surface area contributed by atoms with Gasteiger partial charge in [-0.1, -0.05) is 37.3 Å². The van der Waals surface area contributed by atoms with Crippen LogP contribution in [0.5, 0.6) is 11.5 Å². The number of carbonyl (C=O) groups excluding carboxylic acids is 1. The number of likely N-dealkylation sites (N-methyl/N-ethyl adjacent to an activating group) is 1. The van der Waals surface area contributed by atoms with Gasteiger partial charge >= 0.3 is 0 Å². The van der Waals surface area contributed by atoms with E-state index in [0.29, 0.717) is 18.5 Å². The molecule has 0 aromatic heterocycles. The van der Waals surface area contributed by atoms with Gasteiger partial charge in [0.25, 0.3) is 0 Å². The minimum Gasteiger partial charge on any atom is -0.454 e. The third-order valence-electron chi connectivity index (χ3n) is 7.15. The molecule has 1 amide bonds. The summed E-state index contributed by atoms with van der Waals surface area (Å²) in [6, 6.07) is 15.1. The second-order valence-corrected chi connectivity index (χ2v) is 9.04. The third-order valence-corrected chi connectivity index (χ3v) is 7.15. The van der Waals surface area contributed by atoms with Gasteiger partial charge in [-0.3, -0.25) is 9.69 Å². The molecule has 2 atom stereocenters. The van der Waals surface area contributed by atoms with E-state index in [-0.39, 0.29) is 12.7 Å². The largest absolute Gasteiger partial charge is 0.454 e. The van der Waals surface area contributed by atoms with Gasteiger partial charge in [0.1, 0.15) is 0 Å². The van der Waals surface area contributed by atoms with Gasteiger partial charge in [-0.25, -0.2) is 0 Å². The van der Waals surface area contributed by atoms with E-state index in [0.717, 1.165) is 56.0 Å². The van der Waals surface area contributed by atoms with E-state index in [1.807, 2.05) is 12.1 Å². The van der Waals surface area contributed by atoms with Crippen molar-refractivity contribution < 1.29 is 14.3 Å². The Morgan fingerprint density at radius 2 is 1.94 bits per heavy atom. The molecule has 5 nitrogen and oxygen atoms in total. The fourth-order valence-electron chi connectivity index (χ4n) is 5.43. The lowest BCUT2D eigenvalue weighted by atomic mass is 9.83. The van der Waals surface area contributed by atoms with Crippen LogP contribution < -0.4 is 9.47 Å². The minimum absolute atomic E-state index is 0.0698. The standard InChI is InChI=1S/C26H32N2O3/c1-2-27-13-5-8-23(27)17-28(16-19-9-12-24-25(14-19)31-18-30-24)26(29)22-11-10-20-6-3-4-7-21(20)15-22/h3-4,6-7,9,12,14,22-23H,2,5,8,10-11,13,15-18H2,1H3/t22-,23-/m1/s1. The van der Waals surface area contributed by atoms with Crippen LogP contribution in [0.15, 0.2) is 42.5 Å². The maximum Gasteiger partial charge on any atom is 0.231 e. The number of aryl methyl sites for hydroxylation is 1. The van der Waals surface area contributed by atoms with Crippen LogP contribution in [0.2, 0.25) is 0 Å². The molecule has 3 aliphatic rings. The number of hydrogen-bond donors (Lipinski definition) is 0. The smallest absolute Gasteiger partial charge is 0.231 e. The van der Waals surface area contributed by atoms with E-state index in [4.69, 9.17) is 9.47 Å². The highest BCUT2D eigenvalue weighted by molar-refractivity contribution is 5.79. The number of fused-ring (bicyclic) bond motifs is 2. The lowest BCUT2D eigenvalue weighted by Gasteiger charge is -2.34. The normalized spacial score (nSPS) is 22.4. The van der Waals surface area contributed by atoms with Crippen LogP contribution in [-0.2, 0) is 24.2 Å². The summed E-state index contributed by atoms with van der Waals surface area (Å²) >= 11 is 0. The summed E-state index contributed by atoms with van der Waals surface area (Å²) in [4.78, 5) is 18.4. The van der Waals surface area contributed by atoms with Crippen LogP contribution in [0.4, 0.5) is 0 Å². The predicted molar refractivity (Wildman–Crippen MR) is 120 cm³/mol. The van der Waals surface area contributed by atoms with Gasteiger partial charge in [0, 0.05) is 25.0 Å². The second kappa shape index (κ2) is 8.91. The van der Waals surface area contributed by atoms with Crippen molar-refractivity contribution in [1.82, 2.24) is 9.80 Å². The molecule has 2 heterocycles. The molecule has 2 aliphatic heterocycles. The Morgan fingerprint density at radius 1 is 1.10 bits per heavy atom. The van der Waals surface area contributed by atoms with Crippen molar-refractivity contribution in [2.45, 2.75) is 51.6 Å². The zero-order chi connectivity index (χ0) is 21.2. The fourth-order valence-corrected chi connectivity index (χ4v) is 5.43. The molecular weight excluding hydrogens is 388 g/mol. The number of hydrogen-bond acceptors (Lipinski definition) is 4. The van der Waals surface area contributed by atoms with Gasteiger partial charge in [0.15, 0.2) is 11.5 Å². The first-order valence-electron chi connectivity index (χ1n) is 11.7. The van der Waals surface area contributed by atoms with Crippen LogP contribution >= 0.6 is 0 Å². The molecule has 1 saturated heterocycles. The van der Waals surface area contributed by atoms with Gasteiger partial charge < -0.3 is 14.4 Å². The van der Waals surface area contributed by atoms with Crippen molar-refractivity contribution in [2.75, 3.05) is 26.4 Å². The summed E-state index contributed by atoms with van der Waals surface area (Å²) in [6.45, 7) is 6.12. The van der Waals surface area contributed by atoms with E-state index < -0.39 is 0 Å². The maximum atomic E-state index is 13.8. The number of carbonyl (C=O) groups is 1. The Balaban J connectivity index is 1.36. The molecule has 31 heavy (non-hydrogen) atoms. The molecular formula is C26H32N2O3. The Bertz CT molecular complexity index is 944. The number of ether oxygens (including phenoxy) is 2. The van der Waals surface area contributed by atoms with E-state index in [1.54, 1.807) is 0 Å². The number of rotatable bonds is 6. The van der Waals surface area contributed by atoms with Gasteiger partial charge in [-0.2, -0.15) is 0 Å². The first-order chi connectivity index (χ1) is 15.2. The van der Waals surface area contributed by atoms with Crippen molar-refractivity contribution in [1.29, 1.82) is 0 Å².